The molecular weight excluding hydrogens is 244 g/mol. The fourth-order valence-corrected chi connectivity index (χ4v) is 2.60. The first-order valence-corrected chi connectivity index (χ1v) is 7.12. The minimum Gasteiger partial charge on any atom is -0.361 e. The van der Waals surface area contributed by atoms with Crippen LogP contribution < -0.4 is 5.73 Å². The van der Waals surface area contributed by atoms with Gasteiger partial charge in [-0.2, -0.15) is 0 Å². The van der Waals surface area contributed by atoms with E-state index < -0.39 is 0 Å². The smallest absolute Gasteiger partial charge is 0.0456 e. The zero-order valence-corrected chi connectivity index (χ0v) is 11.8. The maximum Gasteiger partial charge on any atom is 0.0456 e. The molecule has 0 aliphatic rings. The predicted octanol–water partition coefficient (Wildman–Crippen LogP) is 3.82. The second-order valence-electron chi connectivity index (χ2n) is 5.41. The van der Waals surface area contributed by atoms with Crippen molar-refractivity contribution >= 4 is 10.9 Å². The van der Waals surface area contributed by atoms with E-state index in [2.05, 4.69) is 66.6 Å². The van der Waals surface area contributed by atoms with Gasteiger partial charge < -0.3 is 10.7 Å². The lowest BCUT2D eigenvalue weighted by Gasteiger charge is -2.09. The van der Waals surface area contributed by atoms with Crippen LogP contribution in [0.1, 0.15) is 29.5 Å². The van der Waals surface area contributed by atoms with Crippen molar-refractivity contribution in [1.29, 1.82) is 0 Å². The molecule has 0 fully saturated rings. The van der Waals surface area contributed by atoms with Gasteiger partial charge in [-0.15, -0.1) is 0 Å². The molecule has 0 saturated carbocycles. The zero-order valence-electron chi connectivity index (χ0n) is 11.8. The lowest BCUT2D eigenvalue weighted by molar-refractivity contribution is 0.773. The number of aromatic amines is 1. The molecule has 20 heavy (non-hydrogen) atoms. The molecule has 0 bridgehead atoms. The van der Waals surface area contributed by atoms with Gasteiger partial charge in [0.15, 0.2) is 0 Å². The monoisotopic (exact) mass is 264 g/mol. The van der Waals surface area contributed by atoms with Crippen LogP contribution in [0.4, 0.5) is 0 Å². The van der Waals surface area contributed by atoms with E-state index in [1.54, 1.807) is 0 Å². The van der Waals surface area contributed by atoms with E-state index in [-0.39, 0.29) is 0 Å². The first-order chi connectivity index (χ1) is 9.78. The highest BCUT2D eigenvalue weighted by Gasteiger charge is 2.06. The van der Waals surface area contributed by atoms with Gasteiger partial charge in [0.2, 0.25) is 0 Å². The van der Waals surface area contributed by atoms with Crippen LogP contribution >= 0.6 is 0 Å². The largest absolute Gasteiger partial charge is 0.361 e. The van der Waals surface area contributed by atoms with Crippen LogP contribution in [-0.2, 0) is 6.42 Å². The molecule has 3 aromatic rings. The second kappa shape index (κ2) is 5.51. The van der Waals surface area contributed by atoms with Crippen LogP contribution in [0, 0.1) is 0 Å². The molecule has 1 heterocycles. The minimum atomic E-state index is 0.428. The molecule has 0 radical (unpaired) electrons. The second-order valence-corrected chi connectivity index (χ2v) is 5.41. The third-order valence-corrected chi connectivity index (χ3v) is 3.97. The summed E-state index contributed by atoms with van der Waals surface area (Å²) in [6.45, 7) is 2.86. The van der Waals surface area contributed by atoms with Gasteiger partial charge in [0.25, 0.3) is 0 Å². The van der Waals surface area contributed by atoms with Crippen LogP contribution in [0.2, 0.25) is 0 Å². The van der Waals surface area contributed by atoms with E-state index in [4.69, 9.17) is 5.73 Å². The van der Waals surface area contributed by atoms with E-state index in [0.717, 1.165) is 6.42 Å². The fourth-order valence-electron chi connectivity index (χ4n) is 2.60. The Kier molecular flexibility index (Phi) is 3.57. The highest BCUT2D eigenvalue weighted by molar-refractivity contribution is 5.83. The van der Waals surface area contributed by atoms with Gasteiger partial charge in [0.1, 0.15) is 0 Å². The fraction of sp³-hybridized carbons (Fsp3) is 0.222. The summed E-state index contributed by atoms with van der Waals surface area (Å²) in [5, 5.41) is 1.31. The molecule has 1 unspecified atom stereocenters. The summed E-state index contributed by atoms with van der Waals surface area (Å²) in [6.07, 6.45) is 3.07. The number of fused-ring (bicyclic) bond motifs is 1. The summed E-state index contributed by atoms with van der Waals surface area (Å²) in [5.74, 6) is 0.428. The molecule has 0 aliphatic heterocycles. The van der Waals surface area contributed by atoms with Gasteiger partial charge in [-0.1, -0.05) is 49.4 Å². The molecule has 0 saturated heterocycles. The van der Waals surface area contributed by atoms with Crippen molar-refractivity contribution in [1.82, 2.24) is 4.98 Å². The van der Waals surface area contributed by atoms with Crippen LogP contribution in [0.5, 0.6) is 0 Å². The molecule has 2 heteroatoms. The standard InChI is InChI=1S/C18H20N2/c1-13(11-19)15-8-6-14(7-9-15)10-16-12-20-18-5-3-2-4-17(16)18/h2-9,12-13,20H,10-11,19H2,1H3. The van der Waals surface area contributed by atoms with Gasteiger partial charge in [-0.25, -0.2) is 0 Å². The first kappa shape index (κ1) is 12.9. The van der Waals surface area contributed by atoms with Crippen molar-refractivity contribution in [2.75, 3.05) is 6.54 Å². The Balaban J connectivity index is 1.84. The molecule has 102 valence electrons. The molecule has 3 rings (SSSR count). The SMILES string of the molecule is CC(CN)c1ccc(Cc2c[nH]c3ccccc23)cc1. The summed E-state index contributed by atoms with van der Waals surface area (Å²) in [5.41, 5.74) is 10.9. The number of para-hydroxylation sites is 1. The molecule has 2 nitrogen and oxygen atoms in total. The zero-order chi connectivity index (χ0) is 13.9. The number of benzene rings is 2. The summed E-state index contributed by atoms with van der Waals surface area (Å²) in [7, 11) is 0. The number of H-pyrrole nitrogens is 1. The van der Waals surface area contributed by atoms with Crippen molar-refractivity contribution in [3.05, 3.63) is 71.4 Å². The van der Waals surface area contributed by atoms with Crippen molar-refractivity contribution < 1.29 is 0 Å². The van der Waals surface area contributed by atoms with Gasteiger partial charge in [-0.3, -0.25) is 0 Å². The number of hydrogen-bond acceptors (Lipinski definition) is 1. The normalized spacial score (nSPS) is 12.7. The Morgan fingerprint density at radius 2 is 1.80 bits per heavy atom. The Hall–Kier alpha value is -2.06. The van der Waals surface area contributed by atoms with Crippen LogP contribution in [0.15, 0.2) is 54.7 Å². The number of hydrogen-bond donors (Lipinski definition) is 2. The molecule has 1 atom stereocenters. The van der Waals surface area contributed by atoms with Gasteiger partial charge in [0, 0.05) is 17.1 Å². The van der Waals surface area contributed by atoms with E-state index in [1.165, 1.54) is 27.6 Å². The highest BCUT2D eigenvalue weighted by atomic mass is 14.7. The summed E-state index contributed by atoms with van der Waals surface area (Å²) in [4.78, 5) is 3.33. The van der Waals surface area contributed by atoms with E-state index >= 15 is 0 Å². The molecule has 2 aromatic carbocycles. The molecule has 3 N–H and O–H groups in total. The third kappa shape index (κ3) is 2.47. The molecule has 0 spiro atoms. The summed E-state index contributed by atoms with van der Waals surface area (Å²) < 4.78 is 0. The van der Waals surface area contributed by atoms with Crippen molar-refractivity contribution in [2.45, 2.75) is 19.3 Å². The van der Waals surface area contributed by atoms with Crippen molar-refractivity contribution in [3.8, 4) is 0 Å². The quantitative estimate of drug-likeness (QED) is 0.739. The van der Waals surface area contributed by atoms with E-state index in [0.29, 0.717) is 12.5 Å². The highest BCUT2D eigenvalue weighted by Crippen LogP contribution is 2.22. The van der Waals surface area contributed by atoms with E-state index in [1.807, 2.05) is 0 Å². The minimum absolute atomic E-state index is 0.428. The number of nitrogens with one attached hydrogen (secondary N) is 1. The molecule has 0 aliphatic carbocycles. The van der Waals surface area contributed by atoms with Crippen molar-refractivity contribution in [2.24, 2.45) is 5.73 Å². The summed E-state index contributed by atoms with van der Waals surface area (Å²) in [6, 6.07) is 17.3. The average molecular weight is 264 g/mol. The Morgan fingerprint density at radius 3 is 2.55 bits per heavy atom. The van der Waals surface area contributed by atoms with Crippen LogP contribution in [-0.4, -0.2) is 11.5 Å². The maximum atomic E-state index is 5.71. The summed E-state index contributed by atoms with van der Waals surface area (Å²) >= 11 is 0. The Labute approximate surface area is 119 Å². The van der Waals surface area contributed by atoms with Crippen molar-refractivity contribution in [3.63, 3.8) is 0 Å². The average Bonchev–Trinajstić information content (AvgIpc) is 2.91. The number of nitrogens with two attached hydrogens (primary N) is 1. The van der Waals surface area contributed by atoms with E-state index in [9.17, 15) is 0 Å². The van der Waals surface area contributed by atoms with Crippen LogP contribution in [0.3, 0.4) is 0 Å². The Morgan fingerprint density at radius 1 is 1.05 bits per heavy atom. The lowest BCUT2D eigenvalue weighted by atomic mass is 9.97. The maximum absolute atomic E-state index is 5.71. The van der Waals surface area contributed by atoms with Gasteiger partial charge >= 0.3 is 0 Å². The molecular formula is C18H20N2. The predicted molar refractivity (Wildman–Crippen MR) is 85.0 cm³/mol. The lowest BCUT2D eigenvalue weighted by Crippen LogP contribution is -2.08. The number of rotatable bonds is 4. The topological polar surface area (TPSA) is 41.8 Å². The number of aromatic nitrogens is 1. The first-order valence-electron chi connectivity index (χ1n) is 7.12. The van der Waals surface area contributed by atoms with Crippen LogP contribution in [0.25, 0.3) is 10.9 Å². The third-order valence-electron chi connectivity index (χ3n) is 3.97. The van der Waals surface area contributed by atoms with Gasteiger partial charge in [0.05, 0.1) is 0 Å². The Bertz CT molecular complexity index is 695. The molecule has 0 amide bonds. The molecule has 1 aromatic heterocycles. The van der Waals surface area contributed by atoms with Gasteiger partial charge in [-0.05, 0) is 41.6 Å².